The Labute approximate surface area is 336 Å². The standard InChI is InChI=1S/C44H49N7O7/c1-28(2)40(49-44(57)58-27-30-16-8-4-9-17-30)43(56)50-51(25-29-14-6-3-7-15-29)26-36(52)38(39(46)32-19-10-5-11-20-32)41(54)35(24-37(45)53)48-42(55)34-23-22-31-18-12-13-21-33(31)47-34/h3-23,28,35-36,38-40,52H,24-27,46H2,1-2H3,(H2,45,53)(H,48,55)(H,49,57)(H,50,56)/t35-,36?,38?,39?,40-/m0/s1. The van der Waals surface area contributed by atoms with E-state index in [1.807, 2.05) is 60.7 Å². The first-order valence-corrected chi connectivity index (χ1v) is 18.9. The molecule has 0 fully saturated rings. The van der Waals surface area contributed by atoms with Crippen molar-refractivity contribution < 1.29 is 33.8 Å². The number of benzene rings is 4. The summed E-state index contributed by atoms with van der Waals surface area (Å²) >= 11 is 0. The van der Waals surface area contributed by atoms with E-state index >= 15 is 0 Å². The zero-order valence-electron chi connectivity index (χ0n) is 32.4. The van der Waals surface area contributed by atoms with Crippen molar-refractivity contribution in [3.05, 3.63) is 150 Å². The molecule has 0 saturated heterocycles. The van der Waals surface area contributed by atoms with E-state index in [-0.39, 0.29) is 31.3 Å². The van der Waals surface area contributed by atoms with Gasteiger partial charge in [0.15, 0.2) is 5.78 Å². The van der Waals surface area contributed by atoms with Gasteiger partial charge in [-0.1, -0.05) is 129 Å². The van der Waals surface area contributed by atoms with Gasteiger partial charge < -0.3 is 31.9 Å². The van der Waals surface area contributed by atoms with Crippen LogP contribution in [0, 0.1) is 11.8 Å². The SMILES string of the molecule is CC(C)[C@H](NC(=O)OCc1ccccc1)C(=O)NN(Cc1ccccc1)CC(O)C(C(=O)[C@H](CC(N)=O)NC(=O)c1ccc2ccccc2n1)C(N)c1ccccc1. The summed E-state index contributed by atoms with van der Waals surface area (Å²) in [5.41, 5.74) is 17.7. The second-order valence-corrected chi connectivity index (χ2v) is 14.3. The topological polar surface area (TPSA) is 219 Å². The second kappa shape index (κ2) is 20.6. The molecule has 1 heterocycles. The third-order valence-corrected chi connectivity index (χ3v) is 9.53. The Morgan fingerprint density at radius 3 is 2.02 bits per heavy atom. The van der Waals surface area contributed by atoms with Crippen LogP contribution in [-0.2, 0) is 32.3 Å². The molecule has 4 amide bonds. The van der Waals surface area contributed by atoms with E-state index in [1.54, 1.807) is 74.5 Å². The van der Waals surface area contributed by atoms with Gasteiger partial charge in [-0.2, -0.15) is 0 Å². The van der Waals surface area contributed by atoms with Crippen LogP contribution in [-0.4, -0.2) is 69.4 Å². The molecule has 0 spiro atoms. The first-order chi connectivity index (χ1) is 27.9. The number of aliphatic hydroxyl groups excluding tert-OH is 1. The molecular weight excluding hydrogens is 739 g/mol. The molecule has 0 aliphatic carbocycles. The number of primary amides is 1. The molecule has 3 unspecified atom stereocenters. The Morgan fingerprint density at radius 2 is 1.38 bits per heavy atom. The summed E-state index contributed by atoms with van der Waals surface area (Å²) < 4.78 is 5.37. The average molecular weight is 788 g/mol. The van der Waals surface area contributed by atoms with E-state index in [4.69, 9.17) is 16.2 Å². The molecule has 8 N–H and O–H groups in total. The van der Waals surface area contributed by atoms with E-state index in [2.05, 4.69) is 21.0 Å². The highest BCUT2D eigenvalue weighted by molar-refractivity contribution is 6.00. The van der Waals surface area contributed by atoms with Gasteiger partial charge in [-0.05, 0) is 34.7 Å². The van der Waals surface area contributed by atoms with E-state index in [0.717, 1.165) is 16.5 Å². The van der Waals surface area contributed by atoms with E-state index < -0.39 is 66.2 Å². The number of fused-ring (bicyclic) bond motifs is 1. The Balaban J connectivity index is 1.41. The molecule has 5 aromatic rings. The monoisotopic (exact) mass is 787 g/mol. The van der Waals surface area contributed by atoms with Crippen molar-refractivity contribution in [1.29, 1.82) is 0 Å². The molecule has 0 radical (unpaired) electrons. The Morgan fingerprint density at radius 1 is 0.776 bits per heavy atom. The largest absolute Gasteiger partial charge is 0.445 e. The number of carbonyl (C=O) groups is 5. The summed E-state index contributed by atoms with van der Waals surface area (Å²) in [4.78, 5) is 71.7. The number of hydrogen-bond acceptors (Lipinski definition) is 10. The molecule has 302 valence electrons. The number of nitrogens with two attached hydrogens (primary N) is 2. The molecule has 58 heavy (non-hydrogen) atoms. The lowest BCUT2D eigenvalue weighted by Crippen LogP contribution is -2.57. The minimum Gasteiger partial charge on any atom is -0.445 e. The Kier molecular flexibility index (Phi) is 15.2. The van der Waals surface area contributed by atoms with Gasteiger partial charge in [-0.3, -0.25) is 24.6 Å². The number of Topliss-reactive ketones (excluding diaryl/α,β-unsaturated/α-hetero) is 1. The maximum atomic E-state index is 14.6. The minimum absolute atomic E-state index is 0.000520. The third-order valence-electron chi connectivity index (χ3n) is 9.53. The molecule has 14 heteroatoms. The number of rotatable bonds is 19. The molecular formula is C44H49N7O7. The van der Waals surface area contributed by atoms with Gasteiger partial charge >= 0.3 is 6.09 Å². The van der Waals surface area contributed by atoms with Crippen molar-refractivity contribution in [2.45, 2.75) is 57.6 Å². The fourth-order valence-corrected chi connectivity index (χ4v) is 6.51. The highest BCUT2D eigenvalue weighted by Gasteiger charge is 2.40. The van der Waals surface area contributed by atoms with Gasteiger partial charge in [0.05, 0.1) is 30.0 Å². The van der Waals surface area contributed by atoms with Gasteiger partial charge in [0.1, 0.15) is 18.3 Å². The number of nitrogens with zero attached hydrogens (tertiary/aromatic N) is 2. The van der Waals surface area contributed by atoms with Crippen LogP contribution >= 0.6 is 0 Å². The predicted molar refractivity (Wildman–Crippen MR) is 218 cm³/mol. The van der Waals surface area contributed by atoms with Crippen molar-refractivity contribution >= 4 is 40.5 Å². The number of hydrazine groups is 1. The summed E-state index contributed by atoms with van der Waals surface area (Å²) in [7, 11) is 0. The zero-order valence-corrected chi connectivity index (χ0v) is 32.4. The highest BCUT2D eigenvalue weighted by atomic mass is 16.5. The van der Waals surface area contributed by atoms with Crippen LogP contribution in [0.5, 0.6) is 0 Å². The summed E-state index contributed by atoms with van der Waals surface area (Å²) in [5.74, 6) is -4.79. The van der Waals surface area contributed by atoms with Crippen LogP contribution in [0.15, 0.2) is 127 Å². The van der Waals surface area contributed by atoms with Crippen LogP contribution in [0.4, 0.5) is 4.79 Å². The highest BCUT2D eigenvalue weighted by Crippen LogP contribution is 2.27. The predicted octanol–water partition coefficient (Wildman–Crippen LogP) is 3.94. The van der Waals surface area contributed by atoms with Crippen molar-refractivity contribution in [2.24, 2.45) is 23.3 Å². The minimum atomic E-state index is -1.58. The molecule has 0 aliphatic heterocycles. The molecule has 4 aromatic carbocycles. The molecule has 0 bridgehead atoms. The number of alkyl carbamates (subject to hydrolysis) is 1. The third kappa shape index (κ3) is 12.0. The van der Waals surface area contributed by atoms with Gasteiger partial charge in [-0.25, -0.2) is 14.8 Å². The molecule has 0 saturated carbocycles. The second-order valence-electron chi connectivity index (χ2n) is 14.3. The van der Waals surface area contributed by atoms with Crippen LogP contribution < -0.4 is 27.5 Å². The number of carbonyl (C=O) groups excluding carboxylic acids is 5. The van der Waals surface area contributed by atoms with Crippen LogP contribution in [0.1, 0.15) is 53.5 Å². The molecule has 14 nitrogen and oxygen atoms in total. The van der Waals surface area contributed by atoms with Crippen molar-refractivity contribution in [1.82, 2.24) is 26.1 Å². The van der Waals surface area contributed by atoms with Gasteiger partial charge in [0.25, 0.3) is 11.8 Å². The number of aliphatic hydroxyl groups is 1. The smallest absolute Gasteiger partial charge is 0.408 e. The van der Waals surface area contributed by atoms with Gasteiger partial charge in [0.2, 0.25) is 5.91 Å². The van der Waals surface area contributed by atoms with E-state index in [0.29, 0.717) is 11.1 Å². The summed E-state index contributed by atoms with van der Waals surface area (Å²) in [6, 6.07) is 33.5. The number of para-hydroxylation sites is 1. The average Bonchev–Trinajstić information content (AvgIpc) is 3.22. The normalized spacial score (nSPS) is 13.8. The summed E-state index contributed by atoms with van der Waals surface area (Å²) in [6.45, 7) is 3.24. The Hall–Kier alpha value is -6.48. The molecule has 5 atom stereocenters. The molecule has 1 aromatic heterocycles. The fraction of sp³-hybridized carbons (Fsp3) is 0.273. The lowest BCUT2D eigenvalue weighted by atomic mass is 9.82. The summed E-state index contributed by atoms with van der Waals surface area (Å²) in [6.07, 6.45) is -2.97. The van der Waals surface area contributed by atoms with Gasteiger partial charge in [0, 0.05) is 24.5 Å². The molecule has 5 rings (SSSR count). The number of hydrogen-bond donors (Lipinski definition) is 6. The number of aromatic nitrogens is 1. The maximum absolute atomic E-state index is 14.6. The van der Waals surface area contributed by atoms with Crippen LogP contribution in [0.3, 0.4) is 0 Å². The Bertz CT molecular complexity index is 2160. The number of nitrogens with one attached hydrogen (secondary N) is 3. The summed E-state index contributed by atoms with van der Waals surface area (Å²) in [5, 5.41) is 19.5. The first kappa shape index (κ1) is 42.7. The lowest BCUT2D eigenvalue weighted by molar-refractivity contribution is -0.134. The molecule has 0 aliphatic rings. The van der Waals surface area contributed by atoms with E-state index in [1.165, 1.54) is 11.1 Å². The maximum Gasteiger partial charge on any atom is 0.408 e. The fourth-order valence-electron chi connectivity index (χ4n) is 6.51. The number of amides is 4. The van der Waals surface area contributed by atoms with Crippen molar-refractivity contribution in [3.63, 3.8) is 0 Å². The van der Waals surface area contributed by atoms with Gasteiger partial charge in [-0.15, -0.1) is 0 Å². The lowest BCUT2D eigenvalue weighted by Gasteiger charge is -2.34. The number of ether oxygens (including phenoxy) is 1. The first-order valence-electron chi connectivity index (χ1n) is 18.9. The quantitative estimate of drug-likeness (QED) is 0.0663. The number of pyridine rings is 1. The zero-order chi connectivity index (χ0) is 41.6. The van der Waals surface area contributed by atoms with Crippen LogP contribution in [0.2, 0.25) is 0 Å². The van der Waals surface area contributed by atoms with Crippen molar-refractivity contribution in [2.75, 3.05) is 6.54 Å². The number of ketones is 1. The van der Waals surface area contributed by atoms with Crippen LogP contribution in [0.25, 0.3) is 10.9 Å². The van der Waals surface area contributed by atoms with Crippen molar-refractivity contribution in [3.8, 4) is 0 Å². The van der Waals surface area contributed by atoms with E-state index in [9.17, 15) is 29.1 Å².